The number of carboxylic acids is 1. The van der Waals surface area contributed by atoms with E-state index in [1.165, 1.54) is 0 Å². The Bertz CT molecular complexity index is 522. The standard InChI is InChI=1S/C15H20N2O3/c1-15(2,11-7-8-11)17-14(20)16-12-6-4-3-5-10(12)9-13(18)19/h3-6,11H,7-9H2,1-2H3,(H,18,19)(H2,16,17,20). The highest BCUT2D eigenvalue weighted by atomic mass is 16.4. The summed E-state index contributed by atoms with van der Waals surface area (Å²) in [6.45, 7) is 4.01. The number of nitrogens with one attached hydrogen (secondary N) is 2. The molecule has 2 rings (SSSR count). The van der Waals surface area contributed by atoms with Gasteiger partial charge >= 0.3 is 12.0 Å². The quantitative estimate of drug-likeness (QED) is 0.773. The van der Waals surface area contributed by atoms with Crippen molar-refractivity contribution in [1.29, 1.82) is 0 Å². The van der Waals surface area contributed by atoms with Crippen molar-refractivity contribution in [2.45, 2.75) is 38.6 Å². The average molecular weight is 276 g/mol. The summed E-state index contributed by atoms with van der Waals surface area (Å²) in [6.07, 6.45) is 2.17. The molecule has 1 aliphatic rings. The van der Waals surface area contributed by atoms with Crippen LogP contribution in [0.15, 0.2) is 24.3 Å². The smallest absolute Gasteiger partial charge is 0.319 e. The zero-order chi connectivity index (χ0) is 14.8. The Kier molecular flexibility index (Phi) is 3.97. The van der Waals surface area contributed by atoms with Gasteiger partial charge in [0.2, 0.25) is 0 Å². The van der Waals surface area contributed by atoms with Crippen LogP contribution in [0, 0.1) is 5.92 Å². The fourth-order valence-electron chi connectivity index (χ4n) is 2.31. The molecule has 3 N–H and O–H groups in total. The van der Waals surface area contributed by atoms with Crippen LogP contribution in [-0.4, -0.2) is 22.6 Å². The summed E-state index contributed by atoms with van der Waals surface area (Å²) in [5, 5.41) is 14.6. The molecular formula is C15H20N2O3. The first-order chi connectivity index (χ1) is 9.38. The molecule has 0 aliphatic heterocycles. The summed E-state index contributed by atoms with van der Waals surface area (Å²) in [7, 11) is 0. The van der Waals surface area contributed by atoms with Crippen LogP contribution in [0.5, 0.6) is 0 Å². The summed E-state index contributed by atoms with van der Waals surface area (Å²) in [6, 6.07) is 6.65. The molecule has 0 radical (unpaired) electrons. The van der Waals surface area contributed by atoms with Crippen molar-refractivity contribution in [3.05, 3.63) is 29.8 Å². The third-order valence-corrected chi connectivity index (χ3v) is 3.64. The van der Waals surface area contributed by atoms with Crippen LogP contribution in [0.4, 0.5) is 10.5 Å². The third kappa shape index (κ3) is 3.73. The van der Waals surface area contributed by atoms with Crippen LogP contribution in [0.1, 0.15) is 32.3 Å². The Morgan fingerprint density at radius 2 is 1.95 bits per heavy atom. The van der Waals surface area contributed by atoms with E-state index in [-0.39, 0.29) is 18.0 Å². The van der Waals surface area contributed by atoms with E-state index >= 15 is 0 Å². The van der Waals surface area contributed by atoms with Gasteiger partial charge in [-0.1, -0.05) is 18.2 Å². The van der Waals surface area contributed by atoms with E-state index in [0.717, 1.165) is 12.8 Å². The largest absolute Gasteiger partial charge is 0.481 e. The normalized spacial score (nSPS) is 14.7. The second-order valence-electron chi connectivity index (χ2n) is 5.80. The highest BCUT2D eigenvalue weighted by Gasteiger charge is 2.38. The number of urea groups is 1. The number of para-hydroxylation sites is 1. The Hall–Kier alpha value is -2.04. The van der Waals surface area contributed by atoms with Gasteiger partial charge < -0.3 is 15.7 Å². The van der Waals surface area contributed by atoms with Gasteiger partial charge in [0.05, 0.1) is 6.42 Å². The molecule has 1 fully saturated rings. The van der Waals surface area contributed by atoms with Crippen LogP contribution in [0.2, 0.25) is 0 Å². The molecule has 0 unspecified atom stereocenters. The second-order valence-corrected chi connectivity index (χ2v) is 5.80. The number of amides is 2. The lowest BCUT2D eigenvalue weighted by molar-refractivity contribution is -0.136. The predicted octanol–water partition coefficient (Wildman–Crippen LogP) is 2.62. The molecule has 1 aliphatic carbocycles. The first-order valence-corrected chi connectivity index (χ1v) is 6.77. The minimum atomic E-state index is -0.919. The van der Waals surface area contributed by atoms with Crippen molar-refractivity contribution < 1.29 is 14.7 Å². The van der Waals surface area contributed by atoms with Crippen LogP contribution < -0.4 is 10.6 Å². The topological polar surface area (TPSA) is 78.4 Å². The number of anilines is 1. The molecule has 1 aromatic rings. The highest BCUT2D eigenvalue weighted by Crippen LogP contribution is 2.39. The van der Waals surface area contributed by atoms with E-state index in [9.17, 15) is 9.59 Å². The first kappa shape index (κ1) is 14.4. The molecule has 108 valence electrons. The van der Waals surface area contributed by atoms with Crippen molar-refractivity contribution in [3.63, 3.8) is 0 Å². The van der Waals surface area contributed by atoms with Crippen LogP contribution >= 0.6 is 0 Å². The van der Waals surface area contributed by atoms with Gasteiger partial charge in [-0.25, -0.2) is 4.79 Å². The lowest BCUT2D eigenvalue weighted by Crippen LogP contribution is -2.47. The van der Waals surface area contributed by atoms with E-state index < -0.39 is 5.97 Å². The summed E-state index contributed by atoms with van der Waals surface area (Å²) < 4.78 is 0. The molecule has 5 heteroatoms. The molecule has 0 bridgehead atoms. The number of hydrogen-bond donors (Lipinski definition) is 3. The lowest BCUT2D eigenvalue weighted by atomic mass is 9.99. The van der Waals surface area contributed by atoms with Crippen LogP contribution in [0.3, 0.4) is 0 Å². The molecular weight excluding hydrogens is 256 g/mol. The maximum absolute atomic E-state index is 12.0. The van der Waals surface area contributed by atoms with Crippen molar-refractivity contribution >= 4 is 17.7 Å². The number of rotatable bonds is 5. The second kappa shape index (κ2) is 5.53. The maximum atomic E-state index is 12.0. The Morgan fingerprint density at radius 3 is 2.55 bits per heavy atom. The van der Waals surface area contributed by atoms with Gasteiger partial charge in [0.25, 0.3) is 0 Å². The number of hydrogen-bond acceptors (Lipinski definition) is 2. The fourth-order valence-corrected chi connectivity index (χ4v) is 2.31. The lowest BCUT2D eigenvalue weighted by Gasteiger charge is -2.26. The monoisotopic (exact) mass is 276 g/mol. The molecule has 0 heterocycles. The number of carboxylic acid groups (broad SMARTS) is 1. The summed E-state index contributed by atoms with van der Waals surface area (Å²) >= 11 is 0. The molecule has 2 amide bonds. The van der Waals surface area contributed by atoms with Crippen molar-refractivity contribution in [3.8, 4) is 0 Å². The highest BCUT2D eigenvalue weighted by molar-refractivity contribution is 5.91. The van der Waals surface area contributed by atoms with Gasteiger partial charge in [-0.3, -0.25) is 4.79 Å². The molecule has 1 saturated carbocycles. The Labute approximate surface area is 118 Å². The number of benzene rings is 1. The fraction of sp³-hybridized carbons (Fsp3) is 0.467. The number of carbonyl (C=O) groups is 2. The molecule has 1 aromatic carbocycles. The van der Waals surface area contributed by atoms with E-state index in [4.69, 9.17) is 5.11 Å². The van der Waals surface area contributed by atoms with E-state index in [1.807, 2.05) is 13.8 Å². The van der Waals surface area contributed by atoms with Crippen LogP contribution in [-0.2, 0) is 11.2 Å². The molecule has 5 nitrogen and oxygen atoms in total. The van der Waals surface area contributed by atoms with Gasteiger partial charge in [-0.2, -0.15) is 0 Å². The minimum absolute atomic E-state index is 0.109. The number of carbonyl (C=O) groups excluding carboxylic acids is 1. The average Bonchev–Trinajstić information content (AvgIpc) is 3.14. The Balaban J connectivity index is 2.02. The summed E-state index contributed by atoms with van der Waals surface area (Å²) in [5.41, 5.74) is 0.907. The van der Waals surface area contributed by atoms with E-state index in [1.54, 1.807) is 24.3 Å². The Morgan fingerprint density at radius 1 is 1.30 bits per heavy atom. The molecule has 0 spiro atoms. The van der Waals surface area contributed by atoms with E-state index in [0.29, 0.717) is 17.2 Å². The molecule has 0 aromatic heterocycles. The molecule has 20 heavy (non-hydrogen) atoms. The maximum Gasteiger partial charge on any atom is 0.319 e. The van der Waals surface area contributed by atoms with Gasteiger partial charge in [-0.15, -0.1) is 0 Å². The van der Waals surface area contributed by atoms with Gasteiger partial charge in [0, 0.05) is 11.2 Å². The number of aliphatic carboxylic acids is 1. The van der Waals surface area contributed by atoms with Gasteiger partial charge in [0.15, 0.2) is 0 Å². The third-order valence-electron chi connectivity index (χ3n) is 3.64. The van der Waals surface area contributed by atoms with Crippen molar-refractivity contribution in [2.75, 3.05) is 5.32 Å². The van der Waals surface area contributed by atoms with Gasteiger partial charge in [0.1, 0.15) is 0 Å². The van der Waals surface area contributed by atoms with Crippen molar-refractivity contribution in [2.24, 2.45) is 5.92 Å². The zero-order valence-corrected chi connectivity index (χ0v) is 11.8. The first-order valence-electron chi connectivity index (χ1n) is 6.77. The minimum Gasteiger partial charge on any atom is -0.481 e. The SMILES string of the molecule is CC(C)(NC(=O)Nc1ccccc1CC(=O)O)C1CC1. The van der Waals surface area contributed by atoms with Crippen LogP contribution in [0.25, 0.3) is 0 Å². The van der Waals surface area contributed by atoms with Gasteiger partial charge in [-0.05, 0) is 44.2 Å². The molecule has 0 saturated heterocycles. The van der Waals surface area contributed by atoms with E-state index in [2.05, 4.69) is 10.6 Å². The van der Waals surface area contributed by atoms with Crippen molar-refractivity contribution in [1.82, 2.24) is 5.32 Å². The summed E-state index contributed by atoms with van der Waals surface area (Å²) in [4.78, 5) is 22.8. The predicted molar refractivity (Wildman–Crippen MR) is 76.7 cm³/mol. The molecule has 0 atom stereocenters. The summed E-state index contributed by atoms with van der Waals surface area (Å²) in [5.74, 6) is -0.388. The zero-order valence-electron chi connectivity index (χ0n) is 11.8.